The third-order valence-electron chi connectivity index (χ3n) is 4.00. The summed E-state index contributed by atoms with van der Waals surface area (Å²) < 4.78 is 5.27. The van der Waals surface area contributed by atoms with E-state index in [1.165, 1.54) is 5.56 Å². The summed E-state index contributed by atoms with van der Waals surface area (Å²) in [6.45, 7) is 3.10. The van der Waals surface area contributed by atoms with Gasteiger partial charge in [-0.2, -0.15) is 4.98 Å². The normalized spacial score (nSPS) is 10.6. The number of unbranched alkanes of at least 4 members (excludes halogenated alkanes) is 2. The van der Waals surface area contributed by atoms with Crippen LogP contribution in [0.1, 0.15) is 43.7 Å². The highest BCUT2D eigenvalue weighted by Gasteiger charge is 2.06. The Hall–Kier alpha value is -2.30. The molecule has 0 fully saturated rings. The van der Waals surface area contributed by atoms with Gasteiger partial charge in [-0.15, -0.1) is 0 Å². The van der Waals surface area contributed by atoms with E-state index in [0.717, 1.165) is 62.2 Å². The Morgan fingerprint density at radius 1 is 1.17 bits per heavy atom. The van der Waals surface area contributed by atoms with E-state index < -0.39 is 0 Å². The summed E-state index contributed by atoms with van der Waals surface area (Å²) in [6.07, 6.45) is 8.34. The van der Waals surface area contributed by atoms with E-state index in [1.54, 1.807) is 7.11 Å². The molecule has 2 aromatic rings. The predicted octanol–water partition coefficient (Wildman–Crippen LogP) is 3.84. The minimum Gasteiger partial charge on any atom is -0.497 e. The lowest BCUT2D eigenvalue weighted by Crippen LogP contribution is -2.09. The van der Waals surface area contributed by atoms with Gasteiger partial charge in [-0.3, -0.25) is 0 Å². The third kappa shape index (κ3) is 5.72. The van der Waals surface area contributed by atoms with Crippen molar-refractivity contribution < 1.29 is 4.74 Å². The van der Waals surface area contributed by atoms with Crippen molar-refractivity contribution in [3.05, 3.63) is 41.6 Å². The first-order chi connectivity index (χ1) is 11.7. The van der Waals surface area contributed by atoms with E-state index in [-0.39, 0.29) is 0 Å². The van der Waals surface area contributed by atoms with Crippen molar-refractivity contribution in [2.75, 3.05) is 24.7 Å². The number of aryl methyl sites for hydroxylation is 2. The van der Waals surface area contributed by atoms with Crippen LogP contribution in [0.3, 0.4) is 0 Å². The van der Waals surface area contributed by atoms with Gasteiger partial charge in [0.15, 0.2) is 0 Å². The second-order valence-corrected chi connectivity index (χ2v) is 5.94. The van der Waals surface area contributed by atoms with E-state index >= 15 is 0 Å². The van der Waals surface area contributed by atoms with Crippen LogP contribution in [-0.2, 0) is 12.8 Å². The van der Waals surface area contributed by atoms with Gasteiger partial charge in [0.05, 0.1) is 7.11 Å². The number of anilines is 2. The topological polar surface area (TPSA) is 73.1 Å². The van der Waals surface area contributed by atoms with Gasteiger partial charge >= 0.3 is 0 Å². The molecule has 3 N–H and O–H groups in total. The molecule has 0 aliphatic heterocycles. The molecule has 0 bridgehead atoms. The highest BCUT2D eigenvalue weighted by atomic mass is 16.5. The Morgan fingerprint density at radius 3 is 2.79 bits per heavy atom. The molecule has 1 aromatic heterocycles. The second kappa shape index (κ2) is 9.75. The van der Waals surface area contributed by atoms with Crippen molar-refractivity contribution in [3.8, 4) is 5.75 Å². The highest BCUT2D eigenvalue weighted by Crippen LogP contribution is 2.18. The van der Waals surface area contributed by atoms with Crippen LogP contribution in [0.25, 0.3) is 0 Å². The van der Waals surface area contributed by atoms with E-state index in [2.05, 4.69) is 34.3 Å². The largest absolute Gasteiger partial charge is 0.497 e. The van der Waals surface area contributed by atoms with Gasteiger partial charge in [-0.25, -0.2) is 4.98 Å². The number of hydrogen-bond donors (Lipinski definition) is 2. The van der Waals surface area contributed by atoms with Gasteiger partial charge in [-0.1, -0.05) is 25.5 Å². The zero-order valence-electron chi connectivity index (χ0n) is 14.7. The van der Waals surface area contributed by atoms with E-state index in [9.17, 15) is 0 Å². The van der Waals surface area contributed by atoms with Gasteiger partial charge in [0.25, 0.3) is 0 Å². The maximum Gasteiger partial charge on any atom is 0.221 e. The van der Waals surface area contributed by atoms with Crippen LogP contribution in [0, 0.1) is 0 Å². The summed E-state index contributed by atoms with van der Waals surface area (Å²) in [6, 6.07) is 8.26. The molecule has 0 spiro atoms. The monoisotopic (exact) mass is 328 g/mol. The summed E-state index contributed by atoms with van der Waals surface area (Å²) in [5.41, 5.74) is 8.17. The summed E-state index contributed by atoms with van der Waals surface area (Å²) in [7, 11) is 1.70. The Labute approximate surface area is 144 Å². The number of nitrogens with one attached hydrogen (secondary N) is 1. The number of hydrogen-bond acceptors (Lipinski definition) is 5. The molecule has 0 unspecified atom stereocenters. The Balaban J connectivity index is 1.84. The van der Waals surface area contributed by atoms with Crippen molar-refractivity contribution in [2.24, 2.45) is 0 Å². The quantitative estimate of drug-likeness (QED) is 0.648. The molecule has 2 rings (SSSR count). The SMILES string of the molecule is CCCCNc1nc(N)ncc1CCCCc1cccc(OC)c1. The molecule has 0 aliphatic rings. The van der Waals surface area contributed by atoms with Gasteiger partial charge in [0, 0.05) is 18.3 Å². The van der Waals surface area contributed by atoms with Crippen LogP contribution in [0.15, 0.2) is 30.5 Å². The van der Waals surface area contributed by atoms with Crippen LogP contribution >= 0.6 is 0 Å². The standard InChI is InChI=1S/C19H28N4O/c1-3-4-12-21-18-16(14-22-19(20)23-18)10-6-5-8-15-9-7-11-17(13-15)24-2/h7,9,11,13-14H,3-6,8,10,12H2,1-2H3,(H3,20,21,22,23). The van der Waals surface area contributed by atoms with Gasteiger partial charge in [0.1, 0.15) is 11.6 Å². The smallest absolute Gasteiger partial charge is 0.221 e. The molecule has 0 amide bonds. The fourth-order valence-electron chi connectivity index (χ4n) is 2.61. The molecule has 130 valence electrons. The van der Waals surface area contributed by atoms with Crippen LogP contribution in [0.5, 0.6) is 5.75 Å². The van der Waals surface area contributed by atoms with Crippen LogP contribution in [-0.4, -0.2) is 23.6 Å². The third-order valence-corrected chi connectivity index (χ3v) is 4.00. The fourth-order valence-corrected chi connectivity index (χ4v) is 2.61. The number of benzene rings is 1. The maximum atomic E-state index is 5.72. The van der Waals surface area contributed by atoms with Crippen LogP contribution in [0.2, 0.25) is 0 Å². The summed E-state index contributed by atoms with van der Waals surface area (Å²) in [4.78, 5) is 8.48. The Morgan fingerprint density at radius 2 is 2.00 bits per heavy atom. The summed E-state index contributed by atoms with van der Waals surface area (Å²) in [5, 5.41) is 3.38. The van der Waals surface area contributed by atoms with Crippen molar-refractivity contribution in [2.45, 2.75) is 45.4 Å². The lowest BCUT2D eigenvalue weighted by molar-refractivity contribution is 0.414. The molecule has 24 heavy (non-hydrogen) atoms. The lowest BCUT2D eigenvalue weighted by Gasteiger charge is -2.11. The van der Waals surface area contributed by atoms with Crippen molar-refractivity contribution in [3.63, 3.8) is 0 Å². The highest BCUT2D eigenvalue weighted by molar-refractivity contribution is 5.46. The predicted molar refractivity (Wildman–Crippen MR) is 99.5 cm³/mol. The van der Waals surface area contributed by atoms with E-state index in [4.69, 9.17) is 10.5 Å². The number of methoxy groups -OCH3 is 1. The van der Waals surface area contributed by atoms with Crippen molar-refractivity contribution >= 4 is 11.8 Å². The summed E-state index contributed by atoms with van der Waals surface area (Å²) >= 11 is 0. The Bertz CT molecular complexity index is 631. The number of rotatable bonds is 10. The zero-order chi connectivity index (χ0) is 17.2. The first-order valence-electron chi connectivity index (χ1n) is 8.71. The number of nitrogens with zero attached hydrogens (tertiary/aromatic N) is 2. The second-order valence-electron chi connectivity index (χ2n) is 5.94. The average molecular weight is 328 g/mol. The molecule has 0 aliphatic carbocycles. The number of ether oxygens (including phenoxy) is 1. The molecule has 0 atom stereocenters. The van der Waals surface area contributed by atoms with Crippen molar-refractivity contribution in [1.29, 1.82) is 0 Å². The molecule has 5 heteroatoms. The summed E-state index contributed by atoms with van der Waals surface area (Å²) in [5.74, 6) is 2.13. The number of nitrogen functional groups attached to an aromatic ring is 1. The first kappa shape index (κ1) is 18.0. The zero-order valence-corrected chi connectivity index (χ0v) is 14.7. The van der Waals surface area contributed by atoms with Gasteiger partial charge < -0.3 is 15.8 Å². The number of nitrogens with two attached hydrogens (primary N) is 1. The lowest BCUT2D eigenvalue weighted by atomic mass is 10.0. The van der Waals surface area contributed by atoms with Gasteiger partial charge in [-0.05, 0) is 49.8 Å². The van der Waals surface area contributed by atoms with Crippen LogP contribution in [0.4, 0.5) is 11.8 Å². The minimum absolute atomic E-state index is 0.328. The molecule has 0 saturated heterocycles. The average Bonchev–Trinajstić information content (AvgIpc) is 2.60. The minimum atomic E-state index is 0.328. The van der Waals surface area contributed by atoms with Crippen LogP contribution < -0.4 is 15.8 Å². The van der Waals surface area contributed by atoms with Gasteiger partial charge in [0.2, 0.25) is 5.95 Å². The molecule has 5 nitrogen and oxygen atoms in total. The molecule has 1 heterocycles. The van der Waals surface area contributed by atoms with E-state index in [1.807, 2.05) is 18.3 Å². The van der Waals surface area contributed by atoms with Crippen molar-refractivity contribution in [1.82, 2.24) is 9.97 Å². The van der Waals surface area contributed by atoms with E-state index in [0.29, 0.717) is 5.95 Å². The molecular formula is C19H28N4O. The first-order valence-corrected chi connectivity index (χ1v) is 8.71. The molecule has 0 radical (unpaired) electrons. The molecule has 1 aromatic carbocycles. The maximum absolute atomic E-state index is 5.72. The number of aromatic nitrogens is 2. The fraction of sp³-hybridized carbons (Fsp3) is 0.474. The molecule has 0 saturated carbocycles. The molecular weight excluding hydrogens is 300 g/mol. The Kier molecular flexibility index (Phi) is 7.33.